The van der Waals surface area contributed by atoms with E-state index in [1.165, 1.54) is 12.1 Å². The van der Waals surface area contributed by atoms with Gasteiger partial charge in [0.1, 0.15) is 0 Å². The van der Waals surface area contributed by atoms with Gasteiger partial charge in [-0.3, -0.25) is 4.79 Å². The number of rotatable bonds is 5. The summed E-state index contributed by atoms with van der Waals surface area (Å²) < 4.78 is 0. The molecule has 104 valence electrons. The van der Waals surface area contributed by atoms with Gasteiger partial charge in [-0.1, -0.05) is 30.1 Å². The van der Waals surface area contributed by atoms with Gasteiger partial charge < -0.3 is 16.2 Å². The number of benzene rings is 1. The molecule has 4 N–H and O–H groups in total. The number of hydrogen-bond donors (Lipinski definition) is 3. The highest BCUT2D eigenvalue weighted by Crippen LogP contribution is 2.30. The van der Waals surface area contributed by atoms with E-state index >= 15 is 0 Å². The monoisotopic (exact) mass is 304 g/mol. The van der Waals surface area contributed by atoms with E-state index in [0.29, 0.717) is 6.42 Å². The van der Waals surface area contributed by atoms with Crippen LogP contribution in [0.2, 0.25) is 10.0 Å². The number of hydrogen-bond acceptors (Lipinski definition) is 3. The third kappa shape index (κ3) is 4.38. The summed E-state index contributed by atoms with van der Waals surface area (Å²) in [5, 5.41) is 11.8. The van der Waals surface area contributed by atoms with Crippen LogP contribution in [0.15, 0.2) is 12.1 Å². The Labute approximate surface area is 120 Å². The van der Waals surface area contributed by atoms with Gasteiger partial charge in [0, 0.05) is 17.5 Å². The van der Waals surface area contributed by atoms with Gasteiger partial charge >= 0.3 is 5.97 Å². The Bertz CT molecular complexity index is 506. The quantitative estimate of drug-likeness (QED) is 0.780. The van der Waals surface area contributed by atoms with Crippen LogP contribution >= 0.6 is 23.2 Å². The molecule has 19 heavy (non-hydrogen) atoms. The van der Waals surface area contributed by atoms with E-state index in [9.17, 15) is 9.59 Å². The predicted molar refractivity (Wildman–Crippen MR) is 74.9 cm³/mol. The van der Waals surface area contributed by atoms with Crippen LogP contribution in [0.25, 0.3) is 0 Å². The molecule has 0 bridgehead atoms. The van der Waals surface area contributed by atoms with Crippen molar-refractivity contribution in [2.75, 3.05) is 5.32 Å². The minimum Gasteiger partial charge on any atom is -0.478 e. The number of nitrogens with one attached hydrogen (secondary N) is 1. The van der Waals surface area contributed by atoms with Crippen molar-refractivity contribution in [2.45, 2.75) is 25.8 Å². The Morgan fingerprint density at radius 1 is 1.42 bits per heavy atom. The number of aromatic carboxylic acids is 1. The summed E-state index contributed by atoms with van der Waals surface area (Å²) in [6.07, 6.45) is 0.738. The molecule has 1 aromatic carbocycles. The van der Waals surface area contributed by atoms with Gasteiger partial charge in [0.05, 0.1) is 16.3 Å². The lowest BCUT2D eigenvalue weighted by Crippen LogP contribution is -2.26. The standard InChI is InChI=1S/C12H14Cl2N2O3/c1-2-7(15)5-10(17)16-11-8(12(18)19)3-6(13)4-9(11)14/h3-4,7H,2,5,15H2,1H3,(H,16,17)(H,18,19). The van der Waals surface area contributed by atoms with Crippen LogP contribution in [0.5, 0.6) is 0 Å². The van der Waals surface area contributed by atoms with E-state index in [1.54, 1.807) is 0 Å². The van der Waals surface area contributed by atoms with Crippen molar-refractivity contribution in [2.24, 2.45) is 5.73 Å². The fourth-order valence-corrected chi connectivity index (χ4v) is 1.98. The van der Waals surface area contributed by atoms with E-state index in [1.807, 2.05) is 6.92 Å². The van der Waals surface area contributed by atoms with Crippen LogP contribution in [0.3, 0.4) is 0 Å². The molecule has 0 aliphatic heterocycles. The molecule has 1 aromatic rings. The molecule has 0 spiro atoms. The second-order valence-corrected chi connectivity index (χ2v) is 4.88. The third-order valence-corrected chi connectivity index (χ3v) is 3.04. The van der Waals surface area contributed by atoms with Crippen molar-refractivity contribution in [3.63, 3.8) is 0 Å². The second-order valence-electron chi connectivity index (χ2n) is 4.04. The molecular formula is C12H14Cl2N2O3. The van der Waals surface area contributed by atoms with Crippen molar-refractivity contribution in [1.82, 2.24) is 0 Å². The topological polar surface area (TPSA) is 92.4 Å². The number of carbonyl (C=O) groups is 2. The third-order valence-electron chi connectivity index (χ3n) is 2.52. The Morgan fingerprint density at radius 2 is 2.05 bits per heavy atom. The summed E-state index contributed by atoms with van der Waals surface area (Å²) in [7, 11) is 0. The number of nitrogens with two attached hydrogens (primary N) is 1. The number of carboxylic acids is 1. The van der Waals surface area contributed by atoms with Gasteiger partial charge in [0.2, 0.25) is 5.91 Å². The molecule has 5 nitrogen and oxygen atoms in total. The number of carboxylic acid groups (broad SMARTS) is 1. The van der Waals surface area contributed by atoms with Crippen LogP contribution in [-0.4, -0.2) is 23.0 Å². The predicted octanol–water partition coefficient (Wildman–Crippen LogP) is 2.76. The van der Waals surface area contributed by atoms with E-state index < -0.39 is 5.97 Å². The number of carbonyl (C=O) groups excluding carboxylic acids is 1. The van der Waals surface area contributed by atoms with Crippen LogP contribution in [0, 0.1) is 0 Å². The molecule has 0 fully saturated rings. The first-order valence-electron chi connectivity index (χ1n) is 5.63. The van der Waals surface area contributed by atoms with E-state index in [-0.39, 0.29) is 39.7 Å². The molecule has 1 unspecified atom stereocenters. The molecular weight excluding hydrogens is 291 g/mol. The summed E-state index contributed by atoms with van der Waals surface area (Å²) in [5.74, 6) is -1.61. The molecule has 0 saturated heterocycles. The average Bonchev–Trinajstić information content (AvgIpc) is 2.31. The van der Waals surface area contributed by atoms with Crippen molar-refractivity contribution in [3.8, 4) is 0 Å². The molecule has 0 aliphatic carbocycles. The first-order chi connectivity index (χ1) is 8.85. The fraction of sp³-hybridized carbons (Fsp3) is 0.333. The summed E-state index contributed by atoms with van der Waals surface area (Å²) in [5.41, 5.74) is 5.53. The van der Waals surface area contributed by atoms with Crippen molar-refractivity contribution < 1.29 is 14.7 Å². The highest BCUT2D eigenvalue weighted by Gasteiger charge is 2.18. The first kappa shape index (κ1) is 15.8. The first-order valence-corrected chi connectivity index (χ1v) is 6.38. The fourth-order valence-electron chi connectivity index (χ4n) is 1.44. The van der Waals surface area contributed by atoms with Gasteiger partial charge in [-0.05, 0) is 18.6 Å². The summed E-state index contributed by atoms with van der Waals surface area (Å²) in [6, 6.07) is 2.31. The lowest BCUT2D eigenvalue weighted by Gasteiger charge is -2.13. The van der Waals surface area contributed by atoms with Gasteiger partial charge in [-0.15, -0.1) is 0 Å². The van der Waals surface area contributed by atoms with Gasteiger partial charge in [-0.25, -0.2) is 4.79 Å². The molecule has 7 heteroatoms. The van der Waals surface area contributed by atoms with E-state index in [0.717, 1.165) is 0 Å². The molecule has 0 aromatic heterocycles. The molecule has 1 atom stereocenters. The smallest absolute Gasteiger partial charge is 0.337 e. The second kappa shape index (κ2) is 6.75. The van der Waals surface area contributed by atoms with Gasteiger partial charge in [0.15, 0.2) is 0 Å². The number of halogens is 2. The maximum absolute atomic E-state index is 11.7. The van der Waals surface area contributed by atoms with Crippen LogP contribution in [0.1, 0.15) is 30.1 Å². The maximum atomic E-state index is 11.7. The summed E-state index contributed by atoms with van der Waals surface area (Å²) >= 11 is 11.6. The molecule has 0 heterocycles. The van der Waals surface area contributed by atoms with Crippen LogP contribution < -0.4 is 11.1 Å². The Balaban J connectivity index is 3.00. The molecule has 1 rings (SSSR count). The van der Waals surface area contributed by atoms with Crippen molar-refractivity contribution in [1.29, 1.82) is 0 Å². The Hall–Kier alpha value is -1.30. The SMILES string of the molecule is CCC(N)CC(=O)Nc1c(Cl)cc(Cl)cc1C(=O)O. The average molecular weight is 305 g/mol. The zero-order valence-corrected chi connectivity index (χ0v) is 11.8. The Kier molecular flexibility index (Phi) is 5.60. The van der Waals surface area contributed by atoms with Crippen LogP contribution in [-0.2, 0) is 4.79 Å². The van der Waals surface area contributed by atoms with Gasteiger partial charge in [-0.2, -0.15) is 0 Å². The molecule has 1 amide bonds. The summed E-state index contributed by atoms with van der Waals surface area (Å²) in [4.78, 5) is 22.8. The van der Waals surface area contributed by atoms with Crippen molar-refractivity contribution in [3.05, 3.63) is 27.7 Å². The normalized spacial score (nSPS) is 12.0. The molecule has 0 aliphatic rings. The highest BCUT2D eigenvalue weighted by atomic mass is 35.5. The van der Waals surface area contributed by atoms with Gasteiger partial charge in [0.25, 0.3) is 0 Å². The van der Waals surface area contributed by atoms with Crippen molar-refractivity contribution >= 4 is 40.8 Å². The number of anilines is 1. The maximum Gasteiger partial charge on any atom is 0.337 e. The largest absolute Gasteiger partial charge is 0.478 e. The zero-order valence-electron chi connectivity index (χ0n) is 10.2. The number of amides is 1. The minimum atomic E-state index is -1.22. The molecule has 0 saturated carbocycles. The lowest BCUT2D eigenvalue weighted by atomic mass is 10.1. The Morgan fingerprint density at radius 3 is 2.58 bits per heavy atom. The lowest BCUT2D eigenvalue weighted by molar-refractivity contribution is -0.116. The van der Waals surface area contributed by atoms with E-state index in [4.69, 9.17) is 34.0 Å². The molecule has 0 radical (unpaired) electrons. The van der Waals surface area contributed by atoms with Crippen LogP contribution in [0.4, 0.5) is 5.69 Å². The van der Waals surface area contributed by atoms with E-state index in [2.05, 4.69) is 5.32 Å². The zero-order chi connectivity index (χ0) is 14.6. The highest BCUT2D eigenvalue weighted by molar-refractivity contribution is 6.37. The summed E-state index contributed by atoms with van der Waals surface area (Å²) in [6.45, 7) is 1.86. The minimum absolute atomic E-state index is 0.0341.